The number of nitrogens with zero attached hydrogens (tertiary/aromatic N) is 2. The standard InChI is InChI=1S/C14H17N3O2/c1-4-11-7-5-6-9(2)14(11)16-12(18)8-13-15-10(3)17-19-13/h5-7H,4,8H2,1-3H3,(H,16,18). The van der Waals surface area contributed by atoms with Crippen LogP contribution in [0.25, 0.3) is 0 Å². The van der Waals surface area contributed by atoms with E-state index in [-0.39, 0.29) is 12.3 Å². The molecule has 0 radical (unpaired) electrons. The van der Waals surface area contributed by atoms with Crippen LogP contribution in [0.5, 0.6) is 0 Å². The van der Waals surface area contributed by atoms with Crippen LogP contribution in [-0.4, -0.2) is 16.0 Å². The minimum absolute atomic E-state index is 0.0956. The maximum Gasteiger partial charge on any atom is 0.236 e. The summed E-state index contributed by atoms with van der Waals surface area (Å²) in [4.78, 5) is 16.0. The Morgan fingerprint density at radius 1 is 1.37 bits per heavy atom. The Bertz CT molecular complexity index is 590. The lowest BCUT2D eigenvalue weighted by atomic mass is 10.1. The lowest BCUT2D eigenvalue weighted by Crippen LogP contribution is -2.16. The van der Waals surface area contributed by atoms with Gasteiger partial charge in [-0.25, -0.2) is 0 Å². The first-order chi connectivity index (χ1) is 9.10. The fourth-order valence-electron chi connectivity index (χ4n) is 1.93. The molecule has 5 heteroatoms. The Hall–Kier alpha value is -2.17. The Morgan fingerprint density at radius 2 is 2.16 bits per heavy atom. The second kappa shape index (κ2) is 5.65. The number of anilines is 1. The Morgan fingerprint density at radius 3 is 2.79 bits per heavy atom. The summed E-state index contributed by atoms with van der Waals surface area (Å²) in [5, 5.41) is 6.58. The molecule has 0 spiro atoms. The molecular weight excluding hydrogens is 242 g/mol. The summed E-state index contributed by atoms with van der Waals surface area (Å²) in [6.07, 6.45) is 0.968. The van der Waals surface area contributed by atoms with Crippen LogP contribution in [0.3, 0.4) is 0 Å². The van der Waals surface area contributed by atoms with Gasteiger partial charge in [0.15, 0.2) is 5.82 Å². The van der Waals surface area contributed by atoms with Crippen LogP contribution < -0.4 is 5.32 Å². The van der Waals surface area contributed by atoms with E-state index in [0.717, 1.165) is 23.2 Å². The fraction of sp³-hybridized carbons (Fsp3) is 0.357. The van der Waals surface area contributed by atoms with Gasteiger partial charge in [0.1, 0.15) is 6.42 Å². The van der Waals surface area contributed by atoms with E-state index in [1.165, 1.54) is 0 Å². The number of nitrogens with one attached hydrogen (secondary N) is 1. The third kappa shape index (κ3) is 3.19. The van der Waals surface area contributed by atoms with Crippen LogP contribution >= 0.6 is 0 Å². The molecule has 0 saturated carbocycles. The van der Waals surface area contributed by atoms with Gasteiger partial charge >= 0.3 is 0 Å². The molecule has 2 rings (SSSR count). The van der Waals surface area contributed by atoms with Gasteiger partial charge in [0.25, 0.3) is 0 Å². The summed E-state index contributed by atoms with van der Waals surface area (Å²) >= 11 is 0. The first-order valence-electron chi connectivity index (χ1n) is 6.27. The third-order valence-electron chi connectivity index (χ3n) is 2.89. The van der Waals surface area contributed by atoms with Crippen molar-refractivity contribution >= 4 is 11.6 Å². The van der Waals surface area contributed by atoms with E-state index in [9.17, 15) is 4.79 Å². The molecule has 0 unspecified atom stereocenters. The minimum atomic E-state index is -0.146. The topological polar surface area (TPSA) is 68.0 Å². The highest BCUT2D eigenvalue weighted by Gasteiger charge is 2.12. The predicted octanol–water partition coefficient (Wildman–Crippen LogP) is 2.43. The summed E-state index contributed by atoms with van der Waals surface area (Å²) in [5.41, 5.74) is 3.05. The molecular formula is C14H17N3O2. The third-order valence-corrected chi connectivity index (χ3v) is 2.89. The number of carbonyl (C=O) groups excluding carboxylic acids is 1. The van der Waals surface area contributed by atoms with Crippen molar-refractivity contribution in [2.45, 2.75) is 33.6 Å². The van der Waals surface area contributed by atoms with E-state index in [4.69, 9.17) is 4.52 Å². The smallest absolute Gasteiger partial charge is 0.236 e. The van der Waals surface area contributed by atoms with Gasteiger partial charge in [0.2, 0.25) is 11.8 Å². The molecule has 100 valence electrons. The molecule has 1 aromatic carbocycles. The highest BCUT2D eigenvalue weighted by atomic mass is 16.5. The quantitative estimate of drug-likeness (QED) is 0.915. The lowest BCUT2D eigenvalue weighted by molar-refractivity contribution is -0.115. The Labute approximate surface area is 112 Å². The molecule has 1 N–H and O–H groups in total. The number of para-hydroxylation sites is 1. The Kier molecular flexibility index (Phi) is 3.94. The maximum absolute atomic E-state index is 12.0. The number of rotatable bonds is 4. The zero-order chi connectivity index (χ0) is 13.8. The molecule has 1 aromatic heterocycles. The summed E-state index contributed by atoms with van der Waals surface area (Å²) in [6, 6.07) is 5.98. The van der Waals surface area contributed by atoms with Crippen molar-refractivity contribution in [3.05, 3.63) is 41.0 Å². The fourth-order valence-corrected chi connectivity index (χ4v) is 1.93. The largest absolute Gasteiger partial charge is 0.339 e. The van der Waals surface area contributed by atoms with Crippen LogP contribution in [0.15, 0.2) is 22.7 Å². The van der Waals surface area contributed by atoms with Gasteiger partial charge < -0.3 is 9.84 Å². The molecule has 5 nitrogen and oxygen atoms in total. The average molecular weight is 259 g/mol. The van der Waals surface area contributed by atoms with Gasteiger partial charge in [-0.3, -0.25) is 4.79 Å². The molecule has 19 heavy (non-hydrogen) atoms. The average Bonchev–Trinajstić information content (AvgIpc) is 2.77. The minimum Gasteiger partial charge on any atom is -0.339 e. The summed E-state index contributed by atoms with van der Waals surface area (Å²) < 4.78 is 4.94. The maximum atomic E-state index is 12.0. The van der Waals surface area contributed by atoms with Crippen molar-refractivity contribution in [3.8, 4) is 0 Å². The number of aromatic nitrogens is 2. The molecule has 1 amide bonds. The molecule has 2 aromatic rings. The highest BCUT2D eigenvalue weighted by molar-refractivity contribution is 5.93. The first kappa shape index (κ1) is 13.3. The van der Waals surface area contributed by atoms with E-state index >= 15 is 0 Å². The number of hydrogen-bond acceptors (Lipinski definition) is 4. The van der Waals surface area contributed by atoms with Crippen molar-refractivity contribution < 1.29 is 9.32 Å². The first-order valence-corrected chi connectivity index (χ1v) is 6.27. The van der Waals surface area contributed by atoms with Gasteiger partial charge in [-0.2, -0.15) is 4.98 Å². The van der Waals surface area contributed by atoms with Gasteiger partial charge in [0.05, 0.1) is 0 Å². The predicted molar refractivity (Wildman–Crippen MR) is 71.9 cm³/mol. The Balaban J connectivity index is 2.11. The van der Waals surface area contributed by atoms with Crippen LogP contribution in [0.4, 0.5) is 5.69 Å². The highest BCUT2D eigenvalue weighted by Crippen LogP contribution is 2.21. The van der Waals surface area contributed by atoms with Gasteiger partial charge in [0, 0.05) is 5.69 Å². The van der Waals surface area contributed by atoms with Gasteiger partial charge in [-0.05, 0) is 31.4 Å². The molecule has 0 aliphatic rings. The molecule has 0 bridgehead atoms. The van der Waals surface area contributed by atoms with Crippen LogP contribution in [0, 0.1) is 13.8 Å². The van der Waals surface area contributed by atoms with Crippen molar-refractivity contribution in [2.24, 2.45) is 0 Å². The second-order valence-corrected chi connectivity index (χ2v) is 4.42. The van der Waals surface area contributed by atoms with Crippen molar-refractivity contribution in [2.75, 3.05) is 5.32 Å². The van der Waals surface area contributed by atoms with Crippen LogP contribution in [0.1, 0.15) is 29.8 Å². The van der Waals surface area contributed by atoms with Crippen LogP contribution in [-0.2, 0) is 17.6 Å². The zero-order valence-corrected chi connectivity index (χ0v) is 11.4. The normalized spacial score (nSPS) is 10.5. The molecule has 0 saturated heterocycles. The molecule has 0 aliphatic carbocycles. The number of aryl methyl sites for hydroxylation is 3. The number of carbonyl (C=O) groups is 1. The zero-order valence-electron chi connectivity index (χ0n) is 11.4. The van der Waals surface area contributed by atoms with E-state index < -0.39 is 0 Å². The van der Waals surface area contributed by atoms with Crippen molar-refractivity contribution in [1.29, 1.82) is 0 Å². The number of amides is 1. The monoisotopic (exact) mass is 259 g/mol. The summed E-state index contributed by atoms with van der Waals surface area (Å²) in [6.45, 7) is 5.76. The summed E-state index contributed by atoms with van der Waals surface area (Å²) in [5.74, 6) is 0.724. The number of benzene rings is 1. The van der Waals surface area contributed by atoms with E-state index in [1.807, 2.05) is 25.1 Å². The second-order valence-electron chi connectivity index (χ2n) is 4.42. The molecule has 0 fully saturated rings. The molecule has 0 aliphatic heterocycles. The van der Waals surface area contributed by atoms with E-state index in [2.05, 4.69) is 22.4 Å². The molecule has 1 heterocycles. The summed E-state index contributed by atoms with van der Waals surface area (Å²) in [7, 11) is 0. The van der Waals surface area contributed by atoms with Crippen LogP contribution in [0.2, 0.25) is 0 Å². The van der Waals surface area contributed by atoms with Crippen molar-refractivity contribution in [3.63, 3.8) is 0 Å². The van der Waals surface area contributed by atoms with Gasteiger partial charge in [-0.1, -0.05) is 30.3 Å². The lowest BCUT2D eigenvalue weighted by Gasteiger charge is -2.12. The van der Waals surface area contributed by atoms with Gasteiger partial charge in [-0.15, -0.1) is 0 Å². The molecule has 0 atom stereocenters. The van der Waals surface area contributed by atoms with E-state index in [0.29, 0.717) is 11.7 Å². The van der Waals surface area contributed by atoms with Crippen molar-refractivity contribution in [1.82, 2.24) is 10.1 Å². The SMILES string of the molecule is CCc1cccc(C)c1NC(=O)Cc1nc(C)no1. The number of hydrogen-bond donors (Lipinski definition) is 1. The van der Waals surface area contributed by atoms with E-state index in [1.54, 1.807) is 6.92 Å².